The zero-order valence-electron chi connectivity index (χ0n) is 11.7. The van der Waals surface area contributed by atoms with E-state index in [4.69, 9.17) is 4.74 Å². The highest BCUT2D eigenvalue weighted by Crippen LogP contribution is 2.21. The predicted octanol–water partition coefficient (Wildman–Crippen LogP) is 4.11. The number of thioether (sulfide) groups is 1. The Morgan fingerprint density at radius 2 is 2.11 bits per heavy atom. The Bertz CT molecular complexity index is 399. The maximum atomic E-state index is 11.9. The van der Waals surface area contributed by atoms with Gasteiger partial charge in [-0.1, -0.05) is 6.92 Å². The molecule has 0 heterocycles. The van der Waals surface area contributed by atoms with Crippen LogP contribution in [0, 0.1) is 6.92 Å². The fraction of sp³-hybridized carbons (Fsp3) is 0.533. The van der Waals surface area contributed by atoms with Gasteiger partial charge in [0.15, 0.2) is 5.78 Å². The average molecular weight is 266 g/mol. The van der Waals surface area contributed by atoms with Gasteiger partial charge in [0.2, 0.25) is 0 Å². The second kappa shape index (κ2) is 7.47. The summed E-state index contributed by atoms with van der Waals surface area (Å²) in [6, 6.07) is 5.68. The lowest BCUT2D eigenvalue weighted by molar-refractivity contribution is 0.102. The van der Waals surface area contributed by atoms with Gasteiger partial charge in [0.25, 0.3) is 0 Å². The first-order chi connectivity index (χ1) is 8.54. The number of carbonyl (C=O) groups excluding carboxylic acids is 1. The molecule has 0 saturated carbocycles. The lowest BCUT2D eigenvalue weighted by Crippen LogP contribution is -2.08. The summed E-state index contributed by atoms with van der Waals surface area (Å²) < 4.78 is 5.66. The topological polar surface area (TPSA) is 26.3 Å². The first kappa shape index (κ1) is 15.1. The van der Waals surface area contributed by atoms with Crippen LogP contribution < -0.4 is 4.74 Å². The van der Waals surface area contributed by atoms with Crippen LogP contribution in [0.3, 0.4) is 0 Å². The summed E-state index contributed by atoms with van der Waals surface area (Å²) in [5.41, 5.74) is 1.81. The van der Waals surface area contributed by atoms with E-state index in [1.807, 2.05) is 39.0 Å². The smallest absolute Gasteiger partial charge is 0.172 e. The molecule has 0 aromatic heterocycles. The maximum absolute atomic E-state index is 11.9. The van der Waals surface area contributed by atoms with Crippen molar-refractivity contribution >= 4 is 17.5 Å². The molecule has 0 fully saturated rings. The van der Waals surface area contributed by atoms with Crippen LogP contribution in [0.25, 0.3) is 0 Å². The fourth-order valence-electron chi connectivity index (χ4n) is 1.60. The maximum Gasteiger partial charge on any atom is 0.172 e. The molecule has 0 spiro atoms. The molecule has 1 aromatic rings. The number of hydrogen-bond acceptors (Lipinski definition) is 3. The van der Waals surface area contributed by atoms with E-state index in [0.717, 1.165) is 29.1 Å². The third-order valence-corrected chi connectivity index (χ3v) is 3.60. The molecule has 18 heavy (non-hydrogen) atoms. The minimum Gasteiger partial charge on any atom is -0.491 e. The molecule has 0 bridgehead atoms. The number of ether oxygens (including phenoxy) is 1. The Morgan fingerprint density at radius 3 is 2.67 bits per heavy atom. The van der Waals surface area contributed by atoms with Crippen molar-refractivity contribution in [1.29, 1.82) is 0 Å². The van der Waals surface area contributed by atoms with Crippen LogP contribution in [0.2, 0.25) is 0 Å². The molecule has 0 saturated heterocycles. The van der Waals surface area contributed by atoms with Gasteiger partial charge < -0.3 is 4.74 Å². The van der Waals surface area contributed by atoms with Gasteiger partial charge >= 0.3 is 0 Å². The van der Waals surface area contributed by atoms with E-state index < -0.39 is 0 Å². The minimum atomic E-state index is 0.158. The molecule has 1 aromatic carbocycles. The van der Waals surface area contributed by atoms with E-state index in [1.165, 1.54) is 0 Å². The monoisotopic (exact) mass is 266 g/mol. The van der Waals surface area contributed by atoms with Gasteiger partial charge in [0, 0.05) is 5.56 Å². The van der Waals surface area contributed by atoms with Gasteiger partial charge in [-0.15, -0.1) is 0 Å². The number of aryl methyl sites for hydroxylation is 1. The first-order valence-corrected chi connectivity index (χ1v) is 7.58. The Morgan fingerprint density at radius 1 is 1.39 bits per heavy atom. The molecular weight excluding hydrogens is 244 g/mol. The van der Waals surface area contributed by atoms with Gasteiger partial charge in [-0.2, -0.15) is 11.8 Å². The Balaban J connectivity index is 2.68. The lowest BCUT2D eigenvalue weighted by Gasteiger charge is -2.13. The van der Waals surface area contributed by atoms with E-state index >= 15 is 0 Å². The zero-order chi connectivity index (χ0) is 13.5. The highest BCUT2D eigenvalue weighted by Gasteiger charge is 2.09. The third kappa shape index (κ3) is 4.73. The van der Waals surface area contributed by atoms with Gasteiger partial charge in [-0.25, -0.2) is 0 Å². The van der Waals surface area contributed by atoms with Crippen molar-refractivity contribution in [3.63, 3.8) is 0 Å². The second-order valence-corrected chi connectivity index (χ2v) is 5.73. The van der Waals surface area contributed by atoms with Crippen molar-refractivity contribution in [2.45, 2.75) is 40.2 Å². The van der Waals surface area contributed by atoms with Gasteiger partial charge in [-0.05, 0) is 56.7 Å². The summed E-state index contributed by atoms with van der Waals surface area (Å²) in [6.45, 7) is 8.10. The molecule has 0 atom stereocenters. The molecule has 1 rings (SSSR count). The van der Waals surface area contributed by atoms with Crippen molar-refractivity contribution in [2.75, 3.05) is 11.5 Å². The number of ketones is 1. The quantitative estimate of drug-likeness (QED) is 0.549. The van der Waals surface area contributed by atoms with Gasteiger partial charge in [0.1, 0.15) is 5.75 Å². The molecule has 0 amide bonds. The SMILES string of the molecule is CCCSCC(=O)c1ccc(OC(C)C)c(C)c1. The molecule has 100 valence electrons. The van der Waals surface area contributed by atoms with E-state index in [0.29, 0.717) is 5.75 Å². The van der Waals surface area contributed by atoms with Crippen molar-refractivity contribution in [2.24, 2.45) is 0 Å². The number of benzene rings is 1. The van der Waals surface area contributed by atoms with Crippen molar-refractivity contribution < 1.29 is 9.53 Å². The fourth-order valence-corrected chi connectivity index (χ4v) is 2.39. The second-order valence-electron chi connectivity index (χ2n) is 4.62. The molecular formula is C15H22O2S. The Labute approximate surface area is 114 Å². The molecule has 0 unspecified atom stereocenters. The van der Waals surface area contributed by atoms with Crippen LogP contribution in [0.4, 0.5) is 0 Å². The summed E-state index contributed by atoms with van der Waals surface area (Å²) in [4.78, 5) is 11.9. The third-order valence-electron chi connectivity index (χ3n) is 2.44. The van der Waals surface area contributed by atoms with Crippen molar-refractivity contribution in [1.82, 2.24) is 0 Å². The lowest BCUT2D eigenvalue weighted by atomic mass is 10.1. The molecule has 0 aliphatic carbocycles. The molecule has 0 aliphatic rings. The summed E-state index contributed by atoms with van der Waals surface area (Å²) >= 11 is 1.70. The van der Waals surface area contributed by atoms with Crippen molar-refractivity contribution in [3.05, 3.63) is 29.3 Å². The standard InChI is InChI=1S/C15H22O2S/c1-5-8-18-10-14(16)13-6-7-15(12(4)9-13)17-11(2)3/h6-7,9,11H,5,8,10H2,1-4H3. The first-order valence-electron chi connectivity index (χ1n) is 6.42. The van der Waals surface area contributed by atoms with Crippen molar-refractivity contribution in [3.8, 4) is 5.75 Å². The summed E-state index contributed by atoms with van der Waals surface area (Å²) in [5.74, 6) is 2.67. The van der Waals surface area contributed by atoms with E-state index in [9.17, 15) is 4.79 Å². The predicted molar refractivity (Wildman–Crippen MR) is 78.9 cm³/mol. The summed E-state index contributed by atoms with van der Waals surface area (Å²) in [5, 5.41) is 0. The molecule has 0 aliphatic heterocycles. The van der Waals surface area contributed by atoms with Crippen LogP contribution in [-0.4, -0.2) is 23.4 Å². The number of hydrogen-bond donors (Lipinski definition) is 0. The normalized spacial score (nSPS) is 10.7. The summed E-state index contributed by atoms with van der Waals surface area (Å²) in [7, 11) is 0. The molecule has 0 N–H and O–H groups in total. The average Bonchev–Trinajstić information content (AvgIpc) is 2.31. The van der Waals surface area contributed by atoms with E-state index in [2.05, 4.69) is 6.92 Å². The molecule has 0 radical (unpaired) electrons. The Hall–Kier alpha value is -0.960. The molecule has 3 heteroatoms. The van der Waals surface area contributed by atoms with E-state index in [1.54, 1.807) is 11.8 Å². The minimum absolute atomic E-state index is 0.158. The number of Topliss-reactive ketones (excluding diaryl/α,β-unsaturated/α-hetero) is 1. The van der Waals surface area contributed by atoms with Crippen LogP contribution >= 0.6 is 11.8 Å². The van der Waals surface area contributed by atoms with Gasteiger partial charge in [-0.3, -0.25) is 4.79 Å². The molecule has 2 nitrogen and oxygen atoms in total. The Kier molecular flexibility index (Phi) is 6.27. The van der Waals surface area contributed by atoms with Crippen LogP contribution in [0.5, 0.6) is 5.75 Å². The summed E-state index contributed by atoms with van der Waals surface area (Å²) in [6.07, 6.45) is 1.27. The zero-order valence-corrected chi connectivity index (χ0v) is 12.5. The van der Waals surface area contributed by atoms with Gasteiger partial charge in [0.05, 0.1) is 11.9 Å². The highest BCUT2D eigenvalue weighted by molar-refractivity contribution is 7.99. The van der Waals surface area contributed by atoms with Crippen LogP contribution in [0.15, 0.2) is 18.2 Å². The van der Waals surface area contributed by atoms with Crippen LogP contribution in [0.1, 0.15) is 43.1 Å². The highest BCUT2D eigenvalue weighted by atomic mass is 32.2. The largest absolute Gasteiger partial charge is 0.491 e. The number of carbonyl (C=O) groups is 1. The van der Waals surface area contributed by atoms with E-state index in [-0.39, 0.29) is 11.9 Å². The number of rotatable bonds is 7. The van der Waals surface area contributed by atoms with Crippen LogP contribution in [-0.2, 0) is 0 Å².